The van der Waals surface area contributed by atoms with Crippen LogP contribution in [-0.4, -0.2) is 34.4 Å². The van der Waals surface area contributed by atoms with Crippen molar-refractivity contribution in [2.24, 2.45) is 5.92 Å². The minimum Gasteiger partial charge on any atom is -0.772 e. The van der Waals surface area contributed by atoms with Gasteiger partial charge in [0.2, 0.25) is 0 Å². The van der Waals surface area contributed by atoms with Gasteiger partial charge in [-0.25, -0.2) is 8.42 Å². The predicted octanol–water partition coefficient (Wildman–Crippen LogP) is -3.70. The Labute approximate surface area is 96.6 Å². The molecule has 1 fully saturated rings. The Hall–Kier alpha value is 1.06. The van der Waals surface area contributed by atoms with E-state index in [0.29, 0.717) is 6.42 Å². The Morgan fingerprint density at radius 1 is 1.42 bits per heavy atom. The first-order chi connectivity index (χ1) is 4.99. The van der Waals surface area contributed by atoms with Crippen LogP contribution in [0.25, 0.3) is 0 Å². The Bertz CT molecular complexity index is 249. The molecule has 0 radical (unpaired) electrons. The Morgan fingerprint density at radius 2 is 1.92 bits per heavy atom. The van der Waals surface area contributed by atoms with Crippen molar-refractivity contribution in [2.75, 3.05) is 17.3 Å². The molecule has 0 aromatic carbocycles. The van der Waals surface area contributed by atoms with Crippen LogP contribution in [-0.2, 0) is 20.9 Å². The molecule has 66 valence electrons. The summed E-state index contributed by atoms with van der Waals surface area (Å²) in [4.78, 5) is 0. The van der Waals surface area contributed by atoms with Crippen LogP contribution in [0.1, 0.15) is 6.42 Å². The molecule has 0 spiro atoms. The van der Waals surface area contributed by atoms with E-state index in [1.54, 1.807) is 0 Å². The van der Waals surface area contributed by atoms with E-state index in [-0.39, 0.29) is 52.7 Å². The largest absolute Gasteiger partial charge is 1.00 e. The second-order valence-corrected chi connectivity index (χ2v) is 5.91. The maximum absolute atomic E-state index is 10.6. The average Bonchev–Trinajstić information content (AvgIpc) is 1.78. The normalized spacial score (nSPS) is 23.8. The van der Waals surface area contributed by atoms with Gasteiger partial charge in [0.15, 0.2) is 9.84 Å². The number of sulfone groups is 1. The molecule has 1 atom stereocenters. The zero-order valence-electron chi connectivity index (χ0n) is 6.86. The summed E-state index contributed by atoms with van der Waals surface area (Å²) >= 11 is -2.02. The molecule has 1 unspecified atom stereocenters. The van der Waals surface area contributed by atoms with Crippen LogP contribution in [0.5, 0.6) is 0 Å². The number of hydrogen-bond donors (Lipinski definition) is 0. The number of hydrogen-bond acceptors (Lipinski definition) is 4. The topological polar surface area (TPSA) is 74.3 Å². The minimum atomic E-state index is -2.78. The second-order valence-electron chi connectivity index (χ2n) is 2.74. The Morgan fingerprint density at radius 3 is 2.25 bits per heavy atom. The summed E-state index contributed by atoms with van der Waals surface area (Å²) in [6.45, 7) is 0. The standard InChI is InChI=1S/C5H10O4S2.Na/c6-10(7)2-1-5-3-11(8,9)4-5;/h5H,1-4H2,(H,6,7);/q;+1/p-1. The van der Waals surface area contributed by atoms with Gasteiger partial charge in [0.1, 0.15) is 0 Å². The summed E-state index contributed by atoms with van der Waals surface area (Å²) < 4.78 is 41.3. The van der Waals surface area contributed by atoms with Crippen LogP contribution in [0.3, 0.4) is 0 Å². The van der Waals surface area contributed by atoms with E-state index in [1.807, 2.05) is 0 Å². The molecule has 7 heteroatoms. The summed E-state index contributed by atoms with van der Waals surface area (Å²) in [5.74, 6) is 0.507. The molecule has 4 nitrogen and oxygen atoms in total. The minimum absolute atomic E-state index is 0. The van der Waals surface area contributed by atoms with Crippen LogP contribution in [0.15, 0.2) is 0 Å². The van der Waals surface area contributed by atoms with E-state index in [9.17, 15) is 17.2 Å². The molecular weight excluding hydrogens is 211 g/mol. The van der Waals surface area contributed by atoms with E-state index in [0.717, 1.165) is 0 Å². The SMILES string of the molecule is O=S([O-])CCC1CS(=O)(=O)C1.[Na+]. The zero-order valence-corrected chi connectivity index (χ0v) is 10.5. The third kappa shape index (κ3) is 4.34. The van der Waals surface area contributed by atoms with Crippen molar-refractivity contribution in [2.45, 2.75) is 6.42 Å². The van der Waals surface area contributed by atoms with Gasteiger partial charge in [-0.05, 0) is 12.3 Å². The van der Waals surface area contributed by atoms with Crippen LogP contribution in [0.4, 0.5) is 0 Å². The van der Waals surface area contributed by atoms with Crippen molar-refractivity contribution in [3.63, 3.8) is 0 Å². The Kier molecular flexibility index (Phi) is 5.52. The summed E-state index contributed by atoms with van der Waals surface area (Å²) in [5, 5.41) is 0. The molecule has 0 bridgehead atoms. The van der Waals surface area contributed by atoms with Gasteiger partial charge < -0.3 is 4.55 Å². The van der Waals surface area contributed by atoms with Gasteiger partial charge in [-0.15, -0.1) is 0 Å². The van der Waals surface area contributed by atoms with Gasteiger partial charge in [-0.3, -0.25) is 4.21 Å². The first-order valence-electron chi connectivity index (χ1n) is 3.26. The first-order valence-corrected chi connectivity index (χ1v) is 6.32. The van der Waals surface area contributed by atoms with E-state index >= 15 is 0 Å². The Balaban J connectivity index is 0.00000121. The third-order valence-electron chi connectivity index (χ3n) is 1.67. The first kappa shape index (κ1) is 13.1. The second kappa shape index (κ2) is 5.07. The van der Waals surface area contributed by atoms with Gasteiger partial charge in [-0.2, -0.15) is 0 Å². The fourth-order valence-electron chi connectivity index (χ4n) is 1.10. The predicted molar refractivity (Wildman–Crippen MR) is 40.5 cm³/mol. The van der Waals surface area contributed by atoms with Crippen molar-refractivity contribution in [1.29, 1.82) is 0 Å². The van der Waals surface area contributed by atoms with Gasteiger partial charge >= 0.3 is 29.6 Å². The molecule has 0 aliphatic carbocycles. The zero-order chi connectivity index (χ0) is 8.48. The summed E-state index contributed by atoms with van der Waals surface area (Å²) in [6.07, 6.45) is 0.481. The van der Waals surface area contributed by atoms with Crippen molar-refractivity contribution in [3.05, 3.63) is 0 Å². The van der Waals surface area contributed by atoms with Crippen molar-refractivity contribution in [1.82, 2.24) is 0 Å². The fourth-order valence-corrected chi connectivity index (χ4v) is 3.30. The molecular formula is C5H9NaO4S2. The molecule has 1 heterocycles. The van der Waals surface area contributed by atoms with Crippen molar-refractivity contribution < 1.29 is 46.7 Å². The molecule has 1 aliphatic heterocycles. The van der Waals surface area contributed by atoms with Crippen LogP contribution >= 0.6 is 0 Å². The fraction of sp³-hybridized carbons (Fsp3) is 1.00. The maximum atomic E-state index is 10.6. The van der Waals surface area contributed by atoms with Gasteiger partial charge in [0.25, 0.3) is 0 Å². The van der Waals surface area contributed by atoms with Crippen LogP contribution in [0.2, 0.25) is 0 Å². The van der Waals surface area contributed by atoms with Gasteiger partial charge in [0, 0.05) is 5.75 Å². The maximum Gasteiger partial charge on any atom is 1.00 e. The smallest absolute Gasteiger partial charge is 0.772 e. The van der Waals surface area contributed by atoms with Crippen molar-refractivity contribution >= 4 is 20.9 Å². The molecule has 1 saturated heterocycles. The molecule has 0 N–H and O–H groups in total. The summed E-state index contributed by atoms with van der Waals surface area (Å²) in [6, 6.07) is 0. The van der Waals surface area contributed by atoms with E-state index in [4.69, 9.17) is 0 Å². The van der Waals surface area contributed by atoms with E-state index in [1.165, 1.54) is 0 Å². The molecule has 0 saturated carbocycles. The third-order valence-corrected chi connectivity index (χ3v) is 4.20. The average molecular weight is 220 g/mol. The van der Waals surface area contributed by atoms with Gasteiger partial charge in [-0.1, -0.05) is 11.1 Å². The van der Waals surface area contributed by atoms with Crippen molar-refractivity contribution in [3.8, 4) is 0 Å². The number of rotatable bonds is 3. The summed E-state index contributed by atoms with van der Waals surface area (Å²) in [5.41, 5.74) is 0. The summed E-state index contributed by atoms with van der Waals surface area (Å²) in [7, 11) is -2.78. The molecule has 12 heavy (non-hydrogen) atoms. The molecule has 0 amide bonds. The van der Waals surface area contributed by atoms with Crippen LogP contribution < -0.4 is 29.6 Å². The van der Waals surface area contributed by atoms with E-state index < -0.39 is 20.9 Å². The molecule has 1 rings (SSSR count). The van der Waals surface area contributed by atoms with Crippen LogP contribution in [0, 0.1) is 5.92 Å². The molecule has 1 aliphatic rings. The van der Waals surface area contributed by atoms with E-state index in [2.05, 4.69) is 0 Å². The monoisotopic (exact) mass is 220 g/mol. The quantitative estimate of drug-likeness (QED) is 0.362. The molecule has 0 aromatic rings. The van der Waals surface area contributed by atoms with Gasteiger partial charge in [0.05, 0.1) is 11.5 Å². The molecule has 0 aromatic heterocycles.